The number of hydrogen-bond acceptors (Lipinski definition) is 7. The van der Waals surface area contributed by atoms with Gasteiger partial charge in [-0.3, -0.25) is 9.52 Å². The lowest BCUT2D eigenvalue weighted by atomic mass is 10.1. The molecule has 1 saturated heterocycles. The number of benzene rings is 2. The monoisotopic (exact) mass is 696 g/mol. The van der Waals surface area contributed by atoms with Crippen LogP contribution in [-0.2, 0) is 14.8 Å². The molecule has 0 atom stereocenters. The third-order valence-corrected chi connectivity index (χ3v) is 8.31. The largest absolute Gasteiger partial charge is 0.490 e. The maximum Gasteiger partial charge on any atom is 0.490 e. The predicted octanol–water partition coefficient (Wildman–Crippen LogP) is 6.48. The van der Waals surface area contributed by atoms with Gasteiger partial charge in [0.15, 0.2) is 0 Å². The molecule has 0 radical (unpaired) electrons. The van der Waals surface area contributed by atoms with Crippen LogP contribution in [-0.4, -0.2) is 67.6 Å². The van der Waals surface area contributed by atoms with E-state index in [1.165, 1.54) is 49.7 Å². The molecule has 4 rings (SSSR count). The summed E-state index contributed by atoms with van der Waals surface area (Å²) in [6, 6.07) is 11.8. The number of aromatic nitrogens is 1. The van der Waals surface area contributed by atoms with Crippen LogP contribution < -0.4 is 14.8 Å². The Hall–Kier alpha value is -3.30. The third kappa shape index (κ3) is 10.7. The number of carboxylic acids is 1. The number of hydrogen-bond donors (Lipinski definition) is 3. The van der Waals surface area contributed by atoms with Crippen molar-refractivity contribution in [3.8, 4) is 11.6 Å². The molecule has 44 heavy (non-hydrogen) atoms. The van der Waals surface area contributed by atoms with E-state index in [1.807, 2.05) is 0 Å². The topological polar surface area (TPSA) is 138 Å². The summed E-state index contributed by atoms with van der Waals surface area (Å²) in [5.74, 6) is -2.60. The molecule has 1 aliphatic heterocycles. The zero-order valence-corrected chi connectivity index (χ0v) is 25.8. The maximum atomic E-state index is 12.9. The van der Waals surface area contributed by atoms with Gasteiger partial charge in [0.2, 0.25) is 5.88 Å². The van der Waals surface area contributed by atoms with Crippen molar-refractivity contribution < 1.29 is 41.0 Å². The normalized spacial score (nSPS) is 13.8. The average molecular weight is 698 g/mol. The molecule has 10 nitrogen and oxygen atoms in total. The van der Waals surface area contributed by atoms with Gasteiger partial charge in [-0.2, -0.15) is 13.2 Å². The van der Waals surface area contributed by atoms with Gasteiger partial charge in [-0.1, -0.05) is 41.2 Å². The minimum atomic E-state index is -5.08. The molecule has 0 bridgehead atoms. The van der Waals surface area contributed by atoms with Gasteiger partial charge >= 0.3 is 12.1 Å². The van der Waals surface area contributed by atoms with Gasteiger partial charge in [-0.15, -0.1) is 0 Å². The molecule has 238 valence electrons. The van der Waals surface area contributed by atoms with Crippen LogP contribution in [0.5, 0.6) is 11.6 Å². The van der Waals surface area contributed by atoms with Crippen molar-refractivity contribution in [3.05, 3.63) is 75.4 Å². The van der Waals surface area contributed by atoms with Crippen molar-refractivity contribution in [2.75, 3.05) is 30.9 Å². The third-order valence-electron chi connectivity index (χ3n) is 6.00. The lowest BCUT2D eigenvalue weighted by Crippen LogP contribution is -2.37. The summed E-state index contributed by atoms with van der Waals surface area (Å²) < 4.78 is 65.8. The number of carboxylic acid groups (broad SMARTS) is 1. The van der Waals surface area contributed by atoms with Crippen LogP contribution in [0, 0.1) is 0 Å². The number of ether oxygens (including phenoxy) is 1. The number of amides is 1. The van der Waals surface area contributed by atoms with Crippen molar-refractivity contribution >= 4 is 62.4 Å². The highest BCUT2D eigenvalue weighted by Crippen LogP contribution is 2.32. The molecular formula is C27H26Cl3F3N4O6S. The molecule has 1 aliphatic rings. The molecule has 2 heterocycles. The standard InChI is InChI=1S/C25H25Cl3N4O4S.C2HF3O2/c26-18-14-23(31-37(34,35)20-8-9-21(27)22(28)15-20)25(30-16-18)36-19-6-4-17(5-7-19)24(33)29-10-13-32-11-2-1-3-12-32;3-2(4,5)1(6)7/h4-9,14-16,31H,1-3,10-13H2,(H,29,33);(H,6,7). The number of alkyl halides is 3. The minimum Gasteiger partial charge on any atom is -0.475 e. The van der Waals surface area contributed by atoms with Gasteiger partial charge in [0.05, 0.1) is 20.0 Å². The van der Waals surface area contributed by atoms with E-state index < -0.39 is 22.2 Å². The van der Waals surface area contributed by atoms with Crippen LogP contribution in [0.4, 0.5) is 18.9 Å². The van der Waals surface area contributed by atoms with Crippen molar-refractivity contribution in [1.29, 1.82) is 0 Å². The van der Waals surface area contributed by atoms with E-state index in [9.17, 15) is 26.4 Å². The fraction of sp³-hybridized carbons (Fsp3) is 0.296. The zero-order valence-electron chi connectivity index (χ0n) is 22.7. The second-order valence-electron chi connectivity index (χ2n) is 9.28. The predicted molar refractivity (Wildman–Crippen MR) is 159 cm³/mol. The molecule has 1 amide bonds. The summed E-state index contributed by atoms with van der Waals surface area (Å²) in [7, 11) is -4.05. The van der Waals surface area contributed by atoms with Crippen LogP contribution in [0.25, 0.3) is 0 Å². The van der Waals surface area contributed by atoms with E-state index in [2.05, 4.69) is 19.9 Å². The second-order valence-corrected chi connectivity index (χ2v) is 12.2. The van der Waals surface area contributed by atoms with Crippen LogP contribution in [0.2, 0.25) is 15.1 Å². The van der Waals surface area contributed by atoms with Gasteiger partial charge in [-0.05, 0) is 74.5 Å². The Morgan fingerprint density at radius 1 is 0.977 bits per heavy atom. The highest BCUT2D eigenvalue weighted by atomic mass is 35.5. The van der Waals surface area contributed by atoms with Crippen molar-refractivity contribution in [1.82, 2.24) is 15.2 Å². The Labute approximate surface area is 266 Å². The van der Waals surface area contributed by atoms with Crippen LogP contribution in [0.3, 0.4) is 0 Å². The first kappa shape index (κ1) is 35.2. The summed E-state index contributed by atoms with van der Waals surface area (Å²) in [4.78, 5) is 27.8. The first-order valence-corrected chi connectivity index (χ1v) is 15.5. The first-order chi connectivity index (χ1) is 20.7. The molecule has 1 fully saturated rings. The Morgan fingerprint density at radius 2 is 1.61 bits per heavy atom. The molecule has 0 aliphatic carbocycles. The van der Waals surface area contributed by atoms with E-state index in [0.29, 0.717) is 17.9 Å². The number of aliphatic carboxylic acids is 1. The summed E-state index contributed by atoms with van der Waals surface area (Å²) >= 11 is 17.9. The molecule has 17 heteroatoms. The number of anilines is 1. The zero-order chi connectivity index (χ0) is 32.5. The SMILES string of the molecule is O=C(NCCN1CCCCC1)c1ccc(Oc2ncc(Cl)cc2NS(=O)(=O)c2ccc(Cl)c(Cl)c2)cc1.O=C(O)C(F)(F)F. The summed E-state index contributed by atoms with van der Waals surface area (Å²) in [6.45, 7) is 3.56. The number of halogens is 6. The van der Waals surface area contributed by atoms with E-state index in [1.54, 1.807) is 24.3 Å². The molecule has 0 spiro atoms. The Kier molecular flexibility index (Phi) is 12.5. The van der Waals surface area contributed by atoms with Crippen molar-refractivity contribution in [3.63, 3.8) is 0 Å². The van der Waals surface area contributed by atoms with Crippen molar-refractivity contribution in [2.24, 2.45) is 0 Å². The molecule has 1 aromatic heterocycles. The first-order valence-electron chi connectivity index (χ1n) is 12.9. The van der Waals surface area contributed by atoms with E-state index >= 15 is 0 Å². The fourth-order valence-corrected chi connectivity index (χ4v) is 5.42. The number of nitrogens with zero attached hydrogens (tertiary/aromatic N) is 2. The Bertz CT molecular complexity index is 1570. The number of nitrogens with one attached hydrogen (secondary N) is 2. The molecule has 0 saturated carbocycles. The van der Waals surface area contributed by atoms with Gasteiger partial charge in [0.1, 0.15) is 11.4 Å². The van der Waals surface area contributed by atoms with Crippen molar-refractivity contribution in [2.45, 2.75) is 30.3 Å². The number of carbonyl (C=O) groups is 2. The van der Waals surface area contributed by atoms with Gasteiger partial charge in [0, 0.05) is 24.8 Å². The summed E-state index contributed by atoms with van der Waals surface area (Å²) in [5, 5.41) is 10.6. The molecule has 2 aromatic carbocycles. The fourth-order valence-electron chi connectivity index (χ4n) is 3.83. The molecule has 0 unspecified atom stereocenters. The second kappa shape index (κ2) is 15.6. The number of likely N-dealkylation sites (tertiary alicyclic amines) is 1. The van der Waals surface area contributed by atoms with Crippen LogP contribution >= 0.6 is 34.8 Å². The maximum absolute atomic E-state index is 12.9. The van der Waals surface area contributed by atoms with Crippen LogP contribution in [0.15, 0.2) is 59.6 Å². The van der Waals surface area contributed by atoms with Gasteiger partial charge in [0.25, 0.3) is 15.9 Å². The summed E-state index contributed by atoms with van der Waals surface area (Å²) in [5.41, 5.74) is 0.508. The number of sulfonamides is 1. The van der Waals surface area contributed by atoms with Gasteiger partial charge in [-0.25, -0.2) is 18.2 Å². The lowest BCUT2D eigenvalue weighted by Gasteiger charge is -2.26. The van der Waals surface area contributed by atoms with E-state index in [-0.39, 0.29) is 37.4 Å². The number of pyridine rings is 1. The highest BCUT2D eigenvalue weighted by molar-refractivity contribution is 7.92. The number of rotatable bonds is 9. The van der Waals surface area contributed by atoms with Gasteiger partial charge < -0.3 is 20.1 Å². The lowest BCUT2D eigenvalue weighted by molar-refractivity contribution is -0.192. The Morgan fingerprint density at radius 3 is 2.20 bits per heavy atom. The average Bonchev–Trinajstić information content (AvgIpc) is 2.96. The minimum absolute atomic E-state index is 0.0215. The Balaban J connectivity index is 0.000000676. The molecular weight excluding hydrogens is 672 g/mol. The van der Waals surface area contributed by atoms with E-state index in [4.69, 9.17) is 49.4 Å². The molecule has 3 N–H and O–H groups in total. The quantitative estimate of drug-likeness (QED) is 0.231. The molecule has 3 aromatic rings. The number of carbonyl (C=O) groups excluding carboxylic acids is 1. The van der Waals surface area contributed by atoms with E-state index in [0.717, 1.165) is 19.6 Å². The highest BCUT2D eigenvalue weighted by Gasteiger charge is 2.38. The number of piperidine rings is 1. The van der Waals surface area contributed by atoms with Crippen LogP contribution in [0.1, 0.15) is 29.6 Å². The summed E-state index contributed by atoms with van der Waals surface area (Å²) in [6.07, 6.45) is -0.0710. The smallest absolute Gasteiger partial charge is 0.475 e.